The van der Waals surface area contributed by atoms with Gasteiger partial charge in [0.2, 0.25) is 0 Å². The van der Waals surface area contributed by atoms with Crippen LogP contribution in [0.3, 0.4) is 0 Å². The van der Waals surface area contributed by atoms with Crippen LogP contribution in [0.15, 0.2) is 40.2 Å². The quantitative estimate of drug-likeness (QED) is 0.561. The Bertz CT molecular complexity index is 430. The molecule has 1 fully saturated rings. The first-order chi connectivity index (χ1) is 6.86. The Morgan fingerprint density at radius 1 is 1.50 bits per heavy atom. The average Bonchev–Trinajstić information content (AvgIpc) is 2.61. The van der Waals surface area contributed by atoms with Crippen molar-refractivity contribution in [2.75, 3.05) is 0 Å². The van der Waals surface area contributed by atoms with Crippen LogP contribution >= 0.6 is 0 Å². The van der Waals surface area contributed by atoms with Crippen molar-refractivity contribution in [1.29, 1.82) is 0 Å². The molecule has 0 bridgehead atoms. The fraction of sp³-hybridized carbons (Fsp3) is 0.111. The van der Waals surface area contributed by atoms with Crippen molar-refractivity contribution in [2.24, 2.45) is 5.10 Å². The number of hydrogen-bond donors (Lipinski definition) is 2. The highest BCUT2D eigenvalue weighted by Gasteiger charge is 2.31. The van der Waals surface area contributed by atoms with Crippen molar-refractivity contribution in [3.63, 3.8) is 0 Å². The predicted molar refractivity (Wildman–Crippen MR) is 50.5 cm³/mol. The van der Waals surface area contributed by atoms with E-state index in [2.05, 4.69) is 16.1 Å². The molecule has 2 heterocycles. The molecule has 5 nitrogen and oxygen atoms in total. The van der Waals surface area contributed by atoms with Gasteiger partial charge in [0.25, 0.3) is 5.91 Å². The van der Waals surface area contributed by atoms with Crippen molar-refractivity contribution in [3.05, 3.63) is 35.1 Å². The maximum atomic E-state index is 11.5. The molecule has 70 valence electrons. The zero-order chi connectivity index (χ0) is 9.54. The highest BCUT2D eigenvalue weighted by atomic mass is 16.2. The van der Waals surface area contributed by atoms with Gasteiger partial charge in [0.15, 0.2) is 0 Å². The number of nitrogens with zero attached hydrogens (tertiary/aromatic N) is 2. The summed E-state index contributed by atoms with van der Waals surface area (Å²) in [4.78, 5) is 11.5. The lowest BCUT2D eigenvalue weighted by molar-refractivity contribution is -0.116. The number of nitrogens with one attached hydrogen (secondary N) is 2. The first-order valence-corrected chi connectivity index (χ1v) is 4.37. The Labute approximate surface area is 80.4 Å². The van der Waals surface area contributed by atoms with Crippen LogP contribution < -0.4 is 11.0 Å². The van der Waals surface area contributed by atoms with Crippen molar-refractivity contribution in [1.82, 2.24) is 16.1 Å². The standard InChI is InChI=1S/C9H8N4O/c14-9-8-7-4-2-1-3-6(7)5-10-13(8)12-11-9/h1-3,5,12H,4H2,(H,11,14). The highest BCUT2D eigenvalue weighted by Crippen LogP contribution is 2.28. The van der Waals surface area contributed by atoms with Gasteiger partial charge in [-0.2, -0.15) is 10.2 Å². The van der Waals surface area contributed by atoms with Crippen molar-refractivity contribution in [3.8, 4) is 0 Å². The molecule has 0 radical (unpaired) electrons. The van der Waals surface area contributed by atoms with E-state index in [4.69, 9.17) is 0 Å². The van der Waals surface area contributed by atoms with Crippen molar-refractivity contribution < 1.29 is 4.79 Å². The van der Waals surface area contributed by atoms with Crippen LogP contribution in [0.1, 0.15) is 6.42 Å². The summed E-state index contributed by atoms with van der Waals surface area (Å²) in [5, 5.41) is 5.55. The molecule has 0 spiro atoms. The van der Waals surface area contributed by atoms with Gasteiger partial charge in [0.1, 0.15) is 5.70 Å². The van der Waals surface area contributed by atoms with Gasteiger partial charge >= 0.3 is 0 Å². The zero-order valence-electron chi connectivity index (χ0n) is 7.32. The minimum atomic E-state index is -0.127. The summed E-state index contributed by atoms with van der Waals surface area (Å²) in [6, 6.07) is 0. The van der Waals surface area contributed by atoms with E-state index >= 15 is 0 Å². The fourth-order valence-corrected chi connectivity index (χ4v) is 1.72. The van der Waals surface area contributed by atoms with E-state index in [-0.39, 0.29) is 5.91 Å². The number of fused-ring (bicyclic) bond motifs is 2. The lowest BCUT2D eigenvalue weighted by Crippen LogP contribution is -2.33. The molecule has 2 aliphatic heterocycles. The number of hydrogen-bond acceptors (Lipinski definition) is 4. The number of hydrazone groups is 1. The highest BCUT2D eigenvalue weighted by molar-refractivity contribution is 6.00. The Morgan fingerprint density at radius 3 is 3.36 bits per heavy atom. The predicted octanol–water partition coefficient (Wildman–Crippen LogP) is -0.0224. The molecule has 1 aliphatic carbocycles. The molecular weight excluding hydrogens is 180 g/mol. The van der Waals surface area contributed by atoms with Crippen LogP contribution in [0, 0.1) is 0 Å². The molecule has 0 unspecified atom stereocenters. The average molecular weight is 188 g/mol. The van der Waals surface area contributed by atoms with Crippen LogP contribution in [0.25, 0.3) is 0 Å². The van der Waals surface area contributed by atoms with Crippen LogP contribution in [-0.4, -0.2) is 17.2 Å². The topological polar surface area (TPSA) is 56.7 Å². The van der Waals surface area contributed by atoms with Gasteiger partial charge in [0, 0.05) is 5.57 Å². The van der Waals surface area contributed by atoms with Gasteiger partial charge in [-0.1, -0.05) is 18.2 Å². The van der Waals surface area contributed by atoms with E-state index in [1.54, 1.807) is 6.21 Å². The summed E-state index contributed by atoms with van der Waals surface area (Å²) in [5.74, 6) is -0.127. The number of carbonyl (C=O) groups is 1. The molecule has 3 rings (SSSR count). The lowest BCUT2D eigenvalue weighted by atomic mass is 9.96. The third-order valence-electron chi connectivity index (χ3n) is 2.38. The van der Waals surface area contributed by atoms with Crippen molar-refractivity contribution in [2.45, 2.75) is 6.42 Å². The third-order valence-corrected chi connectivity index (χ3v) is 2.38. The van der Waals surface area contributed by atoms with Crippen LogP contribution in [0.2, 0.25) is 0 Å². The Hall–Kier alpha value is -1.88. The summed E-state index contributed by atoms with van der Waals surface area (Å²) in [6.45, 7) is 0. The van der Waals surface area contributed by atoms with Crippen LogP contribution in [0.5, 0.6) is 0 Å². The normalized spacial score (nSPS) is 23.3. The molecule has 1 saturated heterocycles. The second-order valence-electron chi connectivity index (χ2n) is 3.20. The first-order valence-electron chi connectivity index (χ1n) is 4.37. The van der Waals surface area contributed by atoms with Gasteiger partial charge in [-0.05, 0) is 12.0 Å². The number of carbonyl (C=O) groups excluding carboxylic acids is 1. The van der Waals surface area contributed by atoms with Gasteiger partial charge in [0.05, 0.1) is 6.21 Å². The number of hydrazine groups is 2. The van der Waals surface area contributed by atoms with E-state index in [0.29, 0.717) is 5.70 Å². The maximum Gasteiger partial charge on any atom is 0.287 e. The molecule has 0 saturated carbocycles. The lowest BCUT2D eigenvalue weighted by Gasteiger charge is -2.20. The van der Waals surface area contributed by atoms with Crippen LogP contribution in [0.4, 0.5) is 0 Å². The summed E-state index contributed by atoms with van der Waals surface area (Å²) in [6.07, 6.45) is 8.48. The van der Waals surface area contributed by atoms with Gasteiger partial charge < -0.3 is 0 Å². The zero-order valence-corrected chi connectivity index (χ0v) is 7.32. The third kappa shape index (κ3) is 0.869. The number of amides is 1. The summed E-state index contributed by atoms with van der Waals surface area (Å²) in [7, 11) is 0. The minimum Gasteiger partial charge on any atom is -0.266 e. The summed E-state index contributed by atoms with van der Waals surface area (Å²) < 4.78 is 0. The molecule has 0 atom stereocenters. The molecule has 0 aromatic rings. The van der Waals surface area contributed by atoms with E-state index in [1.165, 1.54) is 5.12 Å². The summed E-state index contributed by atoms with van der Waals surface area (Å²) in [5.41, 5.74) is 7.81. The fourth-order valence-electron chi connectivity index (χ4n) is 1.72. The molecular formula is C9H8N4O. The van der Waals surface area contributed by atoms with Gasteiger partial charge in [-0.25, -0.2) is 0 Å². The maximum absolute atomic E-state index is 11.5. The first kappa shape index (κ1) is 7.52. The Morgan fingerprint density at radius 2 is 2.43 bits per heavy atom. The smallest absolute Gasteiger partial charge is 0.266 e. The number of rotatable bonds is 0. The second kappa shape index (κ2) is 2.55. The van der Waals surface area contributed by atoms with Crippen molar-refractivity contribution >= 4 is 12.1 Å². The molecule has 2 N–H and O–H groups in total. The van der Waals surface area contributed by atoms with Gasteiger partial charge in [-0.15, -0.1) is 5.53 Å². The Kier molecular flexibility index (Phi) is 1.37. The second-order valence-corrected chi connectivity index (χ2v) is 3.20. The monoisotopic (exact) mass is 188 g/mol. The molecule has 3 aliphatic rings. The largest absolute Gasteiger partial charge is 0.287 e. The molecule has 0 aromatic carbocycles. The number of allylic oxidation sites excluding steroid dienone is 5. The molecule has 14 heavy (non-hydrogen) atoms. The van der Waals surface area contributed by atoms with E-state index in [9.17, 15) is 4.79 Å². The SMILES string of the molecule is O=C1NNN2N=CC3=CC=CCC3=C12. The summed E-state index contributed by atoms with van der Waals surface area (Å²) >= 11 is 0. The van der Waals surface area contributed by atoms with E-state index < -0.39 is 0 Å². The minimum absolute atomic E-state index is 0.127. The molecule has 5 heteroatoms. The van der Waals surface area contributed by atoms with Crippen LogP contribution in [-0.2, 0) is 4.79 Å². The van der Waals surface area contributed by atoms with E-state index in [0.717, 1.165) is 17.6 Å². The molecule has 0 aromatic heterocycles. The van der Waals surface area contributed by atoms with Gasteiger partial charge in [-0.3, -0.25) is 10.2 Å². The Balaban J connectivity index is 2.17. The molecule has 1 amide bonds. The van der Waals surface area contributed by atoms with E-state index in [1.807, 2.05) is 18.2 Å².